The van der Waals surface area contributed by atoms with Gasteiger partial charge in [-0.3, -0.25) is 4.90 Å². The van der Waals surface area contributed by atoms with Crippen molar-refractivity contribution in [2.24, 2.45) is 0 Å². The molecule has 3 rings (SSSR count). The number of hydrogen-bond donors (Lipinski definition) is 1. The maximum Gasteiger partial charge on any atom is 0.330 e. The zero-order chi connectivity index (χ0) is 23.8. The van der Waals surface area contributed by atoms with Gasteiger partial charge in [0.15, 0.2) is 0 Å². The van der Waals surface area contributed by atoms with Gasteiger partial charge in [-0.25, -0.2) is 9.59 Å². The number of benzene rings is 3. The minimum absolute atomic E-state index is 0.00684. The molecule has 0 aliphatic heterocycles. The summed E-state index contributed by atoms with van der Waals surface area (Å²) in [7, 11) is 1.33. The largest absolute Gasteiger partial charge is 0.466 e. The highest BCUT2D eigenvalue weighted by molar-refractivity contribution is 6.30. The second-order valence-corrected chi connectivity index (χ2v) is 8.29. The molecule has 0 saturated carbocycles. The summed E-state index contributed by atoms with van der Waals surface area (Å²) >= 11 is 6.12. The van der Waals surface area contributed by atoms with Crippen LogP contribution in [0.2, 0.25) is 5.02 Å². The zero-order valence-corrected chi connectivity index (χ0v) is 19.7. The van der Waals surface area contributed by atoms with Crippen LogP contribution < -0.4 is 10.2 Å². The van der Waals surface area contributed by atoms with E-state index in [1.54, 1.807) is 11.0 Å². The Morgan fingerprint density at radius 3 is 2.39 bits per heavy atom. The molecule has 2 amide bonds. The highest BCUT2D eigenvalue weighted by Gasteiger charge is 2.17. The van der Waals surface area contributed by atoms with E-state index in [1.165, 1.54) is 13.2 Å². The molecule has 0 atom stereocenters. The predicted octanol–water partition coefficient (Wildman–Crippen LogP) is 6.32. The fourth-order valence-electron chi connectivity index (χ4n) is 3.29. The first-order valence-corrected chi connectivity index (χ1v) is 11.0. The number of carbonyl (C=O) groups excluding carboxylic acids is 2. The Morgan fingerprint density at radius 2 is 1.73 bits per heavy atom. The molecule has 33 heavy (non-hydrogen) atoms. The lowest BCUT2D eigenvalue weighted by Gasteiger charge is -2.25. The molecule has 3 aromatic carbocycles. The first kappa shape index (κ1) is 24.1. The predicted molar refractivity (Wildman–Crippen MR) is 134 cm³/mol. The number of esters is 1. The van der Waals surface area contributed by atoms with Gasteiger partial charge in [0.2, 0.25) is 0 Å². The Hall–Kier alpha value is -3.57. The van der Waals surface area contributed by atoms with Crippen molar-refractivity contribution in [3.63, 3.8) is 0 Å². The van der Waals surface area contributed by atoms with Gasteiger partial charge < -0.3 is 10.1 Å². The van der Waals surface area contributed by atoms with Gasteiger partial charge in [0.1, 0.15) is 0 Å². The Morgan fingerprint density at radius 1 is 1.00 bits per heavy atom. The van der Waals surface area contributed by atoms with Crippen molar-refractivity contribution in [2.45, 2.75) is 26.4 Å². The molecule has 0 bridgehead atoms. The monoisotopic (exact) mass is 462 g/mol. The van der Waals surface area contributed by atoms with Gasteiger partial charge in [-0.2, -0.15) is 0 Å². The lowest BCUT2D eigenvalue weighted by molar-refractivity contribution is -0.134. The summed E-state index contributed by atoms with van der Waals surface area (Å²) in [6.07, 6.45) is 3.01. The van der Waals surface area contributed by atoms with E-state index in [-0.39, 0.29) is 12.1 Å². The highest BCUT2D eigenvalue weighted by Crippen LogP contribution is 2.25. The zero-order valence-electron chi connectivity index (χ0n) is 18.9. The van der Waals surface area contributed by atoms with Crippen LogP contribution >= 0.6 is 11.6 Å². The van der Waals surface area contributed by atoms with Gasteiger partial charge in [0.25, 0.3) is 0 Å². The summed E-state index contributed by atoms with van der Waals surface area (Å²) in [5, 5.41) is 3.65. The van der Waals surface area contributed by atoms with Crippen molar-refractivity contribution in [2.75, 3.05) is 12.0 Å². The molecule has 0 aromatic heterocycles. The molecule has 5 nitrogen and oxygen atoms in total. The second-order valence-electron chi connectivity index (χ2n) is 7.85. The SMILES string of the molecule is COC(=O)/C=C/c1cccc(N(Cc2ccc(-c3cccc(Cl)c3)cc2)C(=O)NC(C)C)c1. The first-order valence-electron chi connectivity index (χ1n) is 10.6. The molecule has 0 radical (unpaired) electrons. The third kappa shape index (κ3) is 6.96. The van der Waals surface area contributed by atoms with Crippen LogP contribution in [0.1, 0.15) is 25.0 Å². The number of amides is 2. The van der Waals surface area contributed by atoms with Gasteiger partial charge in [0, 0.05) is 22.8 Å². The number of rotatable bonds is 7. The van der Waals surface area contributed by atoms with Gasteiger partial charge in [-0.15, -0.1) is 0 Å². The second kappa shape index (κ2) is 11.3. The van der Waals surface area contributed by atoms with Crippen molar-refractivity contribution < 1.29 is 14.3 Å². The van der Waals surface area contributed by atoms with Gasteiger partial charge in [-0.1, -0.05) is 60.1 Å². The van der Waals surface area contributed by atoms with Crippen LogP contribution in [-0.4, -0.2) is 25.2 Å². The molecule has 170 valence electrons. The number of methoxy groups -OCH3 is 1. The highest BCUT2D eigenvalue weighted by atomic mass is 35.5. The number of carbonyl (C=O) groups is 2. The van der Waals surface area contributed by atoms with Crippen molar-refractivity contribution in [1.29, 1.82) is 0 Å². The van der Waals surface area contributed by atoms with E-state index in [9.17, 15) is 9.59 Å². The van der Waals surface area contributed by atoms with Crippen LogP contribution in [0, 0.1) is 0 Å². The molecule has 0 fully saturated rings. The summed E-state index contributed by atoms with van der Waals surface area (Å²) in [6, 6.07) is 23.0. The maximum absolute atomic E-state index is 13.0. The Bertz CT molecular complexity index is 1140. The fraction of sp³-hybridized carbons (Fsp3) is 0.185. The molecule has 3 aromatic rings. The number of nitrogens with one attached hydrogen (secondary N) is 1. The molecule has 6 heteroatoms. The molecule has 1 N–H and O–H groups in total. The van der Waals surface area contributed by atoms with Crippen LogP contribution in [0.3, 0.4) is 0 Å². The quantitative estimate of drug-likeness (QED) is 0.330. The van der Waals surface area contributed by atoms with E-state index in [2.05, 4.69) is 10.1 Å². The van der Waals surface area contributed by atoms with E-state index >= 15 is 0 Å². The van der Waals surface area contributed by atoms with Crippen molar-refractivity contribution in [1.82, 2.24) is 5.32 Å². The summed E-state index contributed by atoms with van der Waals surface area (Å²) in [5.41, 5.74) is 4.58. The minimum atomic E-state index is -0.436. The summed E-state index contributed by atoms with van der Waals surface area (Å²) in [5.74, 6) is -0.436. The maximum atomic E-state index is 13.0. The van der Waals surface area contributed by atoms with E-state index < -0.39 is 5.97 Å². The van der Waals surface area contributed by atoms with Crippen LogP contribution in [0.15, 0.2) is 78.9 Å². The summed E-state index contributed by atoms with van der Waals surface area (Å²) < 4.78 is 4.65. The van der Waals surface area contributed by atoms with Crippen LogP contribution in [0.4, 0.5) is 10.5 Å². The lowest BCUT2D eigenvalue weighted by atomic mass is 10.0. The summed E-state index contributed by atoms with van der Waals surface area (Å²) in [6.45, 7) is 4.23. The minimum Gasteiger partial charge on any atom is -0.466 e. The van der Waals surface area contributed by atoms with Crippen molar-refractivity contribution in [3.05, 3.63) is 95.0 Å². The van der Waals surface area contributed by atoms with Crippen LogP contribution in [0.5, 0.6) is 0 Å². The molecule has 0 unspecified atom stereocenters. The van der Waals surface area contributed by atoms with E-state index in [0.29, 0.717) is 11.6 Å². The number of hydrogen-bond acceptors (Lipinski definition) is 3. The molecule has 0 saturated heterocycles. The average molecular weight is 463 g/mol. The number of anilines is 1. The van der Waals surface area contributed by atoms with Crippen molar-refractivity contribution in [3.8, 4) is 11.1 Å². The van der Waals surface area contributed by atoms with E-state index in [0.717, 1.165) is 27.9 Å². The molecule has 0 aliphatic rings. The molecular weight excluding hydrogens is 436 g/mol. The first-order chi connectivity index (χ1) is 15.9. The number of nitrogens with zero attached hydrogens (tertiary/aromatic N) is 1. The number of urea groups is 1. The fourth-order valence-corrected chi connectivity index (χ4v) is 3.48. The molecule has 0 aliphatic carbocycles. The van der Waals surface area contributed by atoms with Gasteiger partial charge in [0.05, 0.1) is 13.7 Å². The summed E-state index contributed by atoms with van der Waals surface area (Å²) in [4.78, 5) is 26.1. The number of ether oxygens (including phenoxy) is 1. The molecule has 0 heterocycles. The smallest absolute Gasteiger partial charge is 0.330 e. The third-order valence-corrected chi connectivity index (χ3v) is 5.14. The van der Waals surface area contributed by atoms with Crippen LogP contribution in [-0.2, 0) is 16.1 Å². The Balaban J connectivity index is 1.87. The molecular formula is C27H27ClN2O3. The van der Waals surface area contributed by atoms with E-state index in [4.69, 9.17) is 11.6 Å². The topological polar surface area (TPSA) is 58.6 Å². The molecule has 0 spiro atoms. The van der Waals surface area contributed by atoms with Crippen LogP contribution in [0.25, 0.3) is 17.2 Å². The number of halogens is 1. The van der Waals surface area contributed by atoms with Gasteiger partial charge in [-0.05, 0) is 66.4 Å². The normalized spacial score (nSPS) is 10.9. The Kier molecular flexibility index (Phi) is 8.28. The third-order valence-electron chi connectivity index (χ3n) is 4.90. The van der Waals surface area contributed by atoms with Crippen molar-refractivity contribution >= 4 is 35.4 Å². The average Bonchev–Trinajstić information content (AvgIpc) is 2.81. The Labute approximate surface area is 199 Å². The lowest BCUT2D eigenvalue weighted by Crippen LogP contribution is -2.42. The van der Waals surface area contributed by atoms with Gasteiger partial charge >= 0.3 is 12.0 Å². The standard InChI is InChI=1S/C27H27ClN2O3/c1-19(2)29-27(32)30(25-9-4-6-20(16-25)12-15-26(31)33-3)18-21-10-13-22(14-11-21)23-7-5-8-24(28)17-23/h4-17,19H,18H2,1-3H3,(H,29,32)/b15-12+. The van der Waals surface area contributed by atoms with E-state index in [1.807, 2.05) is 86.6 Å².